The predicted octanol–water partition coefficient (Wildman–Crippen LogP) is 6.76. The van der Waals surface area contributed by atoms with E-state index in [-0.39, 0.29) is 43.6 Å². The standard InChI is InChI=1S/C41H39F2N9O5/c1-25-38(57-24-27-9-7-6-8-10-27)37(52(49-25)18-17-35(42)43)40-48-47-39(51(40)23-26-11-14-29(54-3)15-12-26)36-31-22-45-50(2)33(31)20-32(46-36)41(53)44-21-28-13-16-30(55-4)19-34(28)56-5/h6-17,19-20,22H,18,21,23-24H2,1-5H3,(H,44,53). The van der Waals surface area contributed by atoms with Crippen molar-refractivity contribution in [2.45, 2.75) is 33.2 Å². The number of nitrogens with zero attached hydrogens (tertiary/aromatic N) is 8. The van der Waals surface area contributed by atoms with E-state index in [0.29, 0.717) is 51.0 Å². The van der Waals surface area contributed by atoms with Gasteiger partial charge in [-0.3, -0.25) is 18.7 Å². The maximum absolute atomic E-state index is 13.9. The Kier molecular flexibility index (Phi) is 11.2. The first-order chi connectivity index (χ1) is 27.7. The molecule has 4 heterocycles. The molecule has 0 radical (unpaired) electrons. The molecule has 0 aliphatic carbocycles. The van der Waals surface area contributed by atoms with Gasteiger partial charge < -0.3 is 24.3 Å². The Balaban J connectivity index is 1.36. The van der Waals surface area contributed by atoms with Crippen molar-refractivity contribution in [1.29, 1.82) is 0 Å². The van der Waals surface area contributed by atoms with E-state index in [1.165, 1.54) is 4.68 Å². The van der Waals surface area contributed by atoms with Gasteiger partial charge in [-0.1, -0.05) is 42.5 Å². The fourth-order valence-electron chi connectivity index (χ4n) is 6.38. The molecular formula is C41H39F2N9O5. The molecule has 16 heteroatoms. The van der Waals surface area contributed by atoms with Crippen LogP contribution >= 0.6 is 0 Å². The number of allylic oxidation sites excluding steroid dienone is 1. The third-order valence-corrected chi connectivity index (χ3v) is 9.30. The number of carbonyl (C=O) groups is 1. The number of aromatic nitrogens is 8. The van der Waals surface area contributed by atoms with Crippen LogP contribution in [-0.2, 0) is 33.3 Å². The van der Waals surface area contributed by atoms with E-state index in [1.54, 1.807) is 68.9 Å². The van der Waals surface area contributed by atoms with E-state index in [9.17, 15) is 13.6 Å². The molecule has 0 aliphatic rings. The summed E-state index contributed by atoms with van der Waals surface area (Å²) in [5, 5.41) is 21.9. The lowest BCUT2D eigenvalue weighted by Gasteiger charge is -2.15. The topological polar surface area (TPSA) is 145 Å². The number of amides is 1. The number of ether oxygens (including phenoxy) is 4. The molecule has 4 aromatic heterocycles. The Morgan fingerprint density at radius 3 is 2.33 bits per heavy atom. The van der Waals surface area contributed by atoms with Crippen LogP contribution in [0.4, 0.5) is 8.78 Å². The minimum absolute atomic E-state index is 0.102. The normalized spacial score (nSPS) is 11.1. The van der Waals surface area contributed by atoms with Crippen LogP contribution in [0.25, 0.3) is 33.9 Å². The summed E-state index contributed by atoms with van der Waals surface area (Å²) in [6.45, 7) is 2.01. The summed E-state index contributed by atoms with van der Waals surface area (Å²) in [5.41, 5.74) is 4.31. The molecule has 0 bridgehead atoms. The summed E-state index contributed by atoms with van der Waals surface area (Å²) in [6, 6.07) is 24.0. The quantitative estimate of drug-likeness (QED) is 0.119. The summed E-state index contributed by atoms with van der Waals surface area (Å²) < 4.78 is 54.6. The highest BCUT2D eigenvalue weighted by Gasteiger charge is 2.28. The van der Waals surface area contributed by atoms with Crippen LogP contribution in [-0.4, -0.2) is 66.5 Å². The van der Waals surface area contributed by atoms with Crippen LogP contribution in [0, 0.1) is 6.92 Å². The van der Waals surface area contributed by atoms with Gasteiger partial charge in [0.2, 0.25) is 0 Å². The number of carbonyl (C=O) groups excluding carboxylic acids is 1. The highest BCUT2D eigenvalue weighted by Crippen LogP contribution is 2.37. The monoisotopic (exact) mass is 775 g/mol. The number of halogens is 2. The van der Waals surface area contributed by atoms with Crippen LogP contribution in [0.5, 0.6) is 23.0 Å². The zero-order chi connectivity index (χ0) is 40.1. The minimum atomic E-state index is -1.86. The van der Waals surface area contributed by atoms with Gasteiger partial charge in [-0.2, -0.15) is 19.0 Å². The summed E-state index contributed by atoms with van der Waals surface area (Å²) in [4.78, 5) is 18.7. The number of pyridine rings is 1. The lowest BCUT2D eigenvalue weighted by Crippen LogP contribution is -2.24. The molecule has 0 atom stereocenters. The molecule has 0 aliphatic heterocycles. The first-order valence-electron chi connectivity index (χ1n) is 17.8. The van der Waals surface area contributed by atoms with Crippen molar-refractivity contribution in [3.63, 3.8) is 0 Å². The smallest absolute Gasteiger partial charge is 0.270 e. The van der Waals surface area contributed by atoms with Gasteiger partial charge in [-0.15, -0.1) is 10.2 Å². The lowest BCUT2D eigenvalue weighted by atomic mass is 10.1. The van der Waals surface area contributed by atoms with Crippen LogP contribution in [0.2, 0.25) is 0 Å². The predicted molar refractivity (Wildman–Crippen MR) is 207 cm³/mol. The molecule has 0 spiro atoms. The van der Waals surface area contributed by atoms with E-state index in [2.05, 4.69) is 25.7 Å². The Morgan fingerprint density at radius 2 is 1.61 bits per heavy atom. The maximum atomic E-state index is 13.9. The molecule has 0 saturated heterocycles. The molecule has 14 nitrogen and oxygen atoms in total. The molecule has 7 aromatic rings. The van der Waals surface area contributed by atoms with Gasteiger partial charge in [-0.25, -0.2) is 4.98 Å². The third kappa shape index (κ3) is 8.15. The van der Waals surface area contributed by atoms with Gasteiger partial charge >= 0.3 is 0 Å². The number of methoxy groups -OCH3 is 3. The number of hydrogen-bond donors (Lipinski definition) is 1. The zero-order valence-corrected chi connectivity index (χ0v) is 31.9. The molecule has 1 amide bonds. The summed E-state index contributed by atoms with van der Waals surface area (Å²) in [7, 11) is 6.46. The van der Waals surface area contributed by atoms with Gasteiger partial charge in [0, 0.05) is 36.7 Å². The van der Waals surface area contributed by atoms with Crippen LogP contribution < -0.4 is 24.3 Å². The molecule has 0 unspecified atom stereocenters. The number of fused-ring (bicyclic) bond motifs is 1. The van der Waals surface area contributed by atoms with Crippen LogP contribution in [0.3, 0.4) is 0 Å². The molecule has 292 valence electrons. The molecule has 3 aromatic carbocycles. The van der Waals surface area contributed by atoms with Gasteiger partial charge in [0.25, 0.3) is 12.0 Å². The average Bonchev–Trinajstić information content (AvgIpc) is 3.92. The van der Waals surface area contributed by atoms with Crippen molar-refractivity contribution in [2.24, 2.45) is 7.05 Å². The summed E-state index contributed by atoms with van der Waals surface area (Å²) >= 11 is 0. The van der Waals surface area contributed by atoms with Gasteiger partial charge in [0.1, 0.15) is 46.6 Å². The molecule has 57 heavy (non-hydrogen) atoms. The Labute approximate surface area is 326 Å². The largest absolute Gasteiger partial charge is 0.497 e. The van der Waals surface area contributed by atoms with Gasteiger partial charge in [0.05, 0.1) is 46.1 Å². The third-order valence-electron chi connectivity index (χ3n) is 9.30. The second-order valence-corrected chi connectivity index (χ2v) is 12.9. The van der Waals surface area contributed by atoms with E-state index in [0.717, 1.165) is 22.8 Å². The number of rotatable bonds is 15. The van der Waals surface area contributed by atoms with Crippen molar-refractivity contribution < 1.29 is 32.5 Å². The molecule has 0 saturated carbocycles. The number of hydrogen-bond acceptors (Lipinski definition) is 10. The van der Waals surface area contributed by atoms with E-state index < -0.39 is 12.0 Å². The molecule has 1 N–H and O–H groups in total. The highest BCUT2D eigenvalue weighted by atomic mass is 19.3. The second kappa shape index (κ2) is 16.7. The Morgan fingerprint density at radius 1 is 0.877 bits per heavy atom. The second-order valence-electron chi connectivity index (χ2n) is 12.9. The summed E-state index contributed by atoms with van der Waals surface area (Å²) in [5.74, 6) is 2.29. The molecule has 7 rings (SSSR count). The molecule has 0 fully saturated rings. The Hall–Kier alpha value is -7.10. The van der Waals surface area contributed by atoms with E-state index in [1.807, 2.05) is 60.7 Å². The number of aryl methyl sites for hydroxylation is 2. The maximum Gasteiger partial charge on any atom is 0.270 e. The van der Waals surface area contributed by atoms with Crippen molar-refractivity contribution in [3.05, 3.63) is 125 Å². The summed E-state index contributed by atoms with van der Waals surface area (Å²) in [6.07, 6.45) is 0.558. The van der Waals surface area contributed by atoms with E-state index in [4.69, 9.17) is 23.9 Å². The van der Waals surface area contributed by atoms with Crippen LogP contribution in [0.1, 0.15) is 32.9 Å². The fourth-order valence-corrected chi connectivity index (χ4v) is 6.38. The first kappa shape index (κ1) is 38.2. The SMILES string of the molecule is COc1ccc(Cn2c(-c3nc(C(=O)NCc4ccc(OC)cc4OC)cc4c3cnn4C)nnc2-c2c(OCc3ccccc3)c(C)nn2CC=C(F)F)cc1. The van der Waals surface area contributed by atoms with Crippen molar-refractivity contribution in [2.75, 3.05) is 21.3 Å². The Bertz CT molecular complexity index is 2560. The highest BCUT2D eigenvalue weighted by molar-refractivity contribution is 5.99. The minimum Gasteiger partial charge on any atom is -0.497 e. The first-order valence-corrected chi connectivity index (χ1v) is 17.8. The van der Waals surface area contributed by atoms with Crippen molar-refractivity contribution in [3.8, 4) is 46.0 Å². The molecular weight excluding hydrogens is 737 g/mol. The zero-order valence-electron chi connectivity index (χ0n) is 31.9. The van der Waals surface area contributed by atoms with Crippen molar-refractivity contribution in [1.82, 2.24) is 44.6 Å². The van der Waals surface area contributed by atoms with Crippen LogP contribution in [0.15, 0.2) is 97.2 Å². The number of benzene rings is 3. The lowest BCUT2D eigenvalue weighted by molar-refractivity contribution is 0.0946. The van der Waals surface area contributed by atoms with Gasteiger partial charge in [-0.05, 0) is 48.4 Å². The van der Waals surface area contributed by atoms with Gasteiger partial charge in [0.15, 0.2) is 17.4 Å². The van der Waals surface area contributed by atoms with E-state index >= 15 is 0 Å². The number of nitrogens with one attached hydrogen (secondary N) is 1. The average molecular weight is 776 g/mol. The fraction of sp³-hybridized carbons (Fsp3) is 0.220. The van der Waals surface area contributed by atoms with Crippen molar-refractivity contribution >= 4 is 16.8 Å².